The van der Waals surface area contributed by atoms with E-state index < -0.39 is 15.4 Å². The zero-order chi connectivity index (χ0) is 20.9. The van der Waals surface area contributed by atoms with Crippen LogP contribution in [-0.2, 0) is 21.0 Å². The van der Waals surface area contributed by atoms with E-state index in [0.717, 1.165) is 50.8 Å². The largest absolute Gasteiger partial charge is 0.444 e. The lowest BCUT2D eigenvalue weighted by molar-refractivity contribution is 0.0180. The summed E-state index contributed by atoms with van der Waals surface area (Å²) in [5.74, 6) is 0.674. The zero-order valence-electron chi connectivity index (χ0n) is 18.0. The first-order valence-electron chi connectivity index (χ1n) is 10.2. The van der Waals surface area contributed by atoms with Gasteiger partial charge < -0.3 is 9.64 Å². The number of likely N-dealkylation sites (tertiary alicyclic amines) is 1. The Kier molecular flexibility index (Phi) is 7.54. The van der Waals surface area contributed by atoms with Crippen molar-refractivity contribution in [1.29, 1.82) is 0 Å². The number of amides is 1. The predicted octanol–water partition coefficient (Wildman–Crippen LogP) is 4.76. The molecule has 1 saturated heterocycles. The molecular formula is C22H35NO4S. The van der Waals surface area contributed by atoms with Crippen molar-refractivity contribution in [3.05, 3.63) is 29.3 Å². The third kappa shape index (κ3) is 7.12. The molecule has 0 aromatic heterocycles. The topological polar surface area (TPSA) is 63.7 Å². The third-order valence-corrected chi connectivity index (χ3v) is 6.49. The minimum absolute atomic E-state index is 0.195. The van der Waals surface area contributed by atoms with Gasteiger partial charge in [-0.2, -0.15) is 0 Å². The highest BCUT2D eigenvalue weighted by molar-refractivity contribution is 7.90. The summed E-state index contributed by atoms with van der Waals surface area (Å²) in [6.45, 7) is 9.12. The van der Waals surface area contributed by atoms with Crippen molar-refractivity contribution in [1.82, 2.24) is 4.90 Å². The van der Waals surface area contributed by atoms with Crippen LogP contribution in [0.3, 0.4) is 0 Å². The Morgan fingerprint density at radius 1 is 1.18 bits per heavy atom. The van der Waals surface area contributed by atoms with Gasteiger partial charge in [-0.05, 0) is 76.5 Å². The van der Waals surface area contributed by atoms with Gasteiger partial charge in [-0.3, -0.25) is 0 Å². The van der Waals surface area contributed by atoms with Crippen molar-refractivity contribution in [3.63, 3.8) is 0 Å². The number of rotatable bonds is 6. The lowest BCUT2D eigenvalue weighted by atomic mass is 9.91. The molecule has 1 aliphatic heterocycles. The summed E-state index contributed by atoms with van der Waals surface area (Å²) < 4.78 is 28.9. The molecule has 5 nitrogen and oxygen atoms in total. The molecule has 0 spiro atoms. The van der Waals surface area contributed by atoms with Crippen LogP contribution in [0.25, 0.3) is 0 Å². The van der Waals surface area contributed by atoms with Crippen molar-refractivity contribution in [2.24, 2.45) is 5.92 Å². The molecule has 1 aromatic carbocycles. The fourth-order valence-electron chi connectivity index (χ4n) is 3.78. The monoisotopic (exact) mass is 409 g/mol. The Hall–Kier alpha value is -1.56. The Morgan fingerprint density at radius 2 is 1.82 bits per heavy atom. The van der Waals surface area contributed by atoms with Gasteiger partial charge >= 0.3 is 6.09 Å². The molecule has 1 heterocycles. The summed E-state index contributed by atoms with van der Waals surface area (Å²) in [4.78, 5) is 14.4. The molecule has 0 N–H and O–H groups in total. The summed E-state index contributed by atoms with van der Waals surface area (Å²) in [6.07, 6.45) is 7.56. The smallest absolute Gasteiger partial charge is 0.410 e. The molecule has 1 aliphatic rings. The molecule has 158 valence electrons. The summed E-state index contributed by atoms with van der Waals surface area (Å²) in [5.41, 5.74) is 1.59. The van der Waals surface area contributed by atoms with E-state index in [1.54, 1.807) is 6.07 Å². The number of piperidine rings is 1. The lowest BCUT2D eigenvalue weighted by Gasteiger charge is -2.33. The molecule has 0 bridgehead atoms. The standard InChI is InChI=1S/C22H35NO4S/c1-17-16-19(10-11-20(17)28(5,25)26)9-7-6-8-18-12-14-23(15-13-18)21(24)27-22(2,3)4/h10-11,16,18H,6-9,12-15H2,1-5H3. The zero-order valence-corrected chi connectivity index (χ0v) is 18.8. The van der Waals surface area contributed by atoms with E-state index in [-0.39, 0.29) is 6.09 Å². The third-order valence-electron chi connectivity index (χ3n) is 5.23. The van der Waals surface area contributed by atoms with Crippen LogP contribution in [0.5, 0.6) is 0 Å². The first-order chi connectivity index (χ1) is 13.0. The van der Waals surface area contributed by atoms with Gasteiger partial charge in [0.25, 0.3) is 0 Å². The Bertz CT molecular complexity index is 772. The summed E-state index contributed by atoms with van der Waals surface area (Å²) in [6, 6.07) is 5.66. The van der Waals surface area contributed by atoms with Gasteiger partial charge in [0, 0.05) is 19.3 Å². The molecule has 0 atom stereocenters. The highest BCUT2D eigenvalue weighted by Gasteiger charge is 2.26. The summed E-state index contributed by atoms with van der Waals surface area (Å²) in [7, 11) is -3.15. The lowest BCUT2D eigenvalue weighted by Crippen LogP contribution is -2.41. The Morgan fingerprint density at radius 3 is 2.36 bits per heavy atom. The summed E-state index contributed by atoms with van der Waals surface area (Å²) >= 11 is 0. The van der Waals surface area contributed by atoms with E-state index >= 15 is 0 Å². The van der Waals surface area contributed by atoms with Crippen LogP contribution in [0, 0.1) is 12.8 Å². The van der Waals surface area contributed by atoms with Crippen molar-refractivity contribution in [3.8, 4) is 0 Å². The number of hydrogen-bond acceptors (Lipinski definition) is 4. The van der Waals surface area contributed by atoms with E-state index in [1.807, 2.05) is 44.7 Å². The van der Waals surface area contributed by atoms with E-state index in [1.165, 1.54) is 18.2 Å². The minimum Gasteiger partial charge on any atom is -0.444 e. The predicted molar refractivity (Wildman–Crippen MR) is 112 cm³/mol. The van der Waals surface area contributed by atoms with Gasteiger partial charge in [-0.25, -0.2) is 13.2 Å². The number of benzene rings is 1. The number of sulfone groups is 1. The van der Waals surface area contributed by atoms with Crippen molar-refractivity contribution in [2.45, 2.75) is 76.7 Å². The Labute approximate surface area is 170 Å². The van der Waals surface area contributed by atoms with E-state index in [0.29, 0.717) is 10.8 Å². The average molecular weight is 410 g/mol. The number of aryl methyl sites for hydroxylation is 2. The highest BCUT2D eigenvalue weighted by Crippen LogP contribution is 2.25. The fraction of sp³-hybridized carbons (Fsp3) is 0.682. The van der Waals surface area contributed by atoms with Gasteiger partial charge in [0.1, 0.15) is 5.60 Å². The second-order valence-electron chi connectivity index (χ2n) is 9.03. The number of unbranched alkanes of at least 4 members (excludes halogenated alkanes) is 1. The maximum absolute atomic E-state index is 12.1. The molecule has 28 heavy (non-hydrogen) atoms. The molecule has 0 unspecified atom stereocenters. The first-order valence-corrected chi connectivity index (χ1v) is 12.1. The molecule has 1 fully saturated rings. The highest BCUT2D eigenvalue weighted by atomic mass is 32.2. The number of carbonyl (C=O) groups is 1. The Balaban J connectivity index is 1.70. The normalized spacial score (nSPS) is 16.2. The first kappa shape index (κ1) is 22.7. The van der Waals surface area contributed by atoms with Gasteiger partial charge in [0.2, 0.25) is 0 Å². The fourth-order valence-corrected chi connectivity index (χ4v) is 4.73. The number of hydrogen-bond donors (Lipinski definition) is 0. The van der Waals surface area contributed by atoms with Crippen LogP contribution in [0.1, 0.15) is 64.0 Å². The molecule has 6 heteroatoms. The second-order valence-corrected chi connectivity index (χ2v) is 11.0. The van der Waals surface area contributed by atoms with Crippen LogP contribution >= 0.6 is 0 Å². The van der Waals surface area contributed by atoms with Crippen molar-refractivity contribution < 1.29 is 17.9 Å². The molecule has 0 saturated carbocycles. The number of carbonyl (C=O) groups excluding carboxylic acids is 1. The molecule has 1 amide bonds. The van der Waals surface area contributed by atoms with Crippen LogP contribution < -0.4 is 0 Å². The molecule has 0 radical (unpaired) electrons. The van der Waals surface area contributed by atoms with Crippen LogP contribution in [-0.4, -0.2) is 44.4 Å². The molecular weight excluding hydrogens is 374 g/mol. The SMILES string of the molecule is Cc1cc(CCCCC2CCN(C(=O)OC(C)(C)C)CC2)ccc1S(C)(=O)=O. The van der Waals surface area contributed by atoms with Gasteiger partial charge in [0.05, 0.1) is 4.90 Å². The number of ether oxygens (including phenoxy) is 1. The average Bonchev–Trinajstić information content (AvgIpc) is 2.56. The maximum Gasteiger partial charge on any atom is 0.410 e. The van der Waals surface area contributed by atoms with E-state index in [4.69, 9.17) is 4.74 Å². The quantitative estimate of drug-likeness (QED) is 0.636. The summed E-state index contributed by atoms with van der Waals surface area (Å²) in [5, 5.41) is 0. The molecule has 2 rings (SSSR count). The van der Waals surface area contributed by atoms with E-state index in [9.17, 15) is 13.2 Å². The maximum atomic E-state index is 12.1. The van der Waals surface area contributed by atoms with Crippen LogP contribution in [0.2, 0.25) is 0 Å². The molecule has 0 aliphatic carbocycles. The van der Waals surface area contributed by atoms with Crippen molar-refractivity contribution in [2.75, 3.05) is 19.3 Å². The van der Waals surface area contributed by atoms with Crippen molar-refractivity contribution >= 4 is 15.9 Å². The van der Waals surface area contributed by atoms with Crippen LogP contribution in [0.15, 0.2) is 23.1 Å². The molecule has 1 aromatic rings. The number of nitrogens with zero attached hydrogens (tertiary/aromatic N) is 1. The second kappa shape index (κ2) is 9.29. The van der Waals surface area contributed by atoms with Gasteiger partial charge in [-0.1, -0.05) is 25.0 Å². The van der Waals surface area contributed by atoms with Gasteiger partial charge in [-0.15, -0.1) is 0 Å². The van der Waals surface area contributed by atoms with E-state index in [2.05, 4.69) is 0 Å². The van der Waals surface area contributed by atoms with Gasteiger partial charge in [0.15, 0.2) is 9.84 Å². The minimum atomic E-state index is -3.15. The van der Waals surface area contributed by atoms with Crippen LogP contribution in [0.4, 0.5) is 4.79 Å².